The minimum absolute atomic E-state index is 0.0251. The second-order valence-electron chi connectivity index (χ2n) is 8.58. The van der Waals surface area contributed by atoms with Crippen molar-refractivity contribution in [3.05, 3.63) is 22.7 Å². The summed E-state index contributed by atoms with van der Waals surface area (Å²) in [6.07, 6.45) is -3.08. The number of halogens is 2. The molecule has 3 unspecified atom stereocenters. The predicted octanol–water partition coefficient (Wildman–Crippen LogP) is 4.77. The van der Waals surface area contributed by atoms with E-state index in [1.54, 1.807) is 0 Å². The van der Waals surface area contributed by atoms with Crippen molar-refractivity contribution in [3.63, 3.8) is 0 Å². The number of aromatic nitrogens is 2. The lowest BCUT2D eigenvalue weighted by Gasteiger charge is -2.36. The van der Waals surface area contributed by atoms with Gasteiger partial charge >= 0.3 is 11.6 Å². The summed E-state index contributed by atoms with van der Waals surface area (Å²) in [5.41, 5.74) is 4.66. The van der Waals surface area contributed by atoms with Gasteiger partial charge in [0.2, 0.25) is 6.23 Å². The van der Waals surface area contributed by atoms with Gasteiger partial charge in [0.25, 0.3) is 0 Å². The van der Waals surface area contributed by atoms with Gasteiger partial charge in [-0.2, -0.15) is 13.8 Å². The lowest BCUT2D eigenvalue weighted by atomic mass is 10.1. The molecule has 1 saturated heterocycles. The van der Waals surface area contributed by atoms with E-state index in [0.717, 1.165) is 40.8 Å². The van der Waals surface area contributed by atoms with Gasteiger partial charge in [0.1, 0.15) is 18.0 Å². The Kier molecular flexibility index (Phi) is 9.19. The summed E-state index contributed by atoms with van der Waals surface area (Å²) in [6, 6.07) is 6.20. The number of nitrogens with zero attached hydrogens (tertiary/aromatic N) is 2. The third-order valence-corrected chi connectivity index (χ3v) is 16.5. The van der Waals surface area contributed by atoms with Crippen LogP contribution in [0.5, 0.6) is 0 Å². The van der Waals surface area contributed by atoms with Crippen molar-refractivity contribution in [2.75, 3.05) is 12.3 Å². The summed E-state index contributed by atoms with van der Waals surface area (Å²) < 4.78 is 50.9. The van der Waals surface area contributed by atoms with Crippen molar-refractivity contribution in [1.82, 2.24) is 9.55 Å². The fourth-order valence-electron chi connectivity index (χ4n) is 4.44. The van der Waals surface area contributed by atoms with Gasteiger partial charge in [-0.15, -0.1) is 0 Å². The Morgan fingerprint density at radius 1 is 1.06 bits per heavy atom. The van der Waals surface area contributed by atoms with Gasteiger partial charge in [-0.25, -0.2) is 4.79 Å². The van der Waals surface area contributed by atoms with E-state index in [2.05, 4.69) is 25.8 Å². The highest BCUT2D eigenvalue weighted by atomic mass is 28.4. The molecule has 1 aromatic rings. The highest BCUT2D eigenvalue weighted by molar-refractivity contribution is 6.74. The molecule has 11 heteroatoms. The summed E-state index contributed by atoms with van der Waals surface area (Å²) >= 11 is 0. The van der Waals surface area contributed by atoms with Crippen LogP contribution in [0.1, 0.15) is 47.8 Å². The molecule has 0 amide bonds. The average molecular weight is 492 g/mol. The van der Waals surface area contributed by atoms with Crippen LogP contribution >= 0.6 is 0 Å². The van der Waals surface area contributed by atoms with Crippen LogP contribution in [0.15, 0.2) is 17.1 Å². The Bertz CT molecular complexity index is 787. The molecule has 1 aliphatic heterocycles. The van der Waals surface area contributed by atoms with E-state index in [-0.39, 0.29) is 12.4 Å². The number of hydrogen-bond acceptors (Lipinski definition) is 6. The molecule has 32 heavy (non-hydrogen) atoms. The summed E-state index contributed by atoms with van der Waals surface area (Å²) in [4.78, 5) is 15.9. The van der Waals surface area contributed by atoms with Gasteiger partial charge in [0.15, 0.2) is 16.6 Å². The normalized spacial score (nSPS) is 23.6. The first-order valence-corrected chi connectivity index (χ1v) is 16.8. The van der Waals surface area contributed by atoms with E-state index in [9.17, 15) is 4.79 Å². The number of ether oxygens (including phenoxy) is 1. The van der Waals surface area contributed by atoms with E-state index < -0.39 is 46.7 Å². The van der Waals surface area contributed by atoms with Crippen LogP contribution in [0.2, 0.25) is 36.3 Å². The largest absolute Gasteiger partial charge is 0.414 e. The van der Waals surface area contributed by atoms with E-state index >= 15 is 8.78 Å². The van der Waals surface area contributed by atoms with Gasteiger partial charge in [0.05, 0.1) is 6.61 Å². The monoisotopic (exact) mass is 491 g/mol. The summed E-state index contributed by atoms with van der Waals surface area (Å²) in [5, 5.41) is 0. The highest BCUT2D eigenvalue weighted by Crippen LogP contribution is 2.46. The van der Waals surface area contributed by atoms with E-state index in [1.165, 1.54) is 12.3 Å². The molecular weight excluding hydrogens is 452 g/mol. The first-order chi connectivity index (χ1) is 15.1. The number of nitrogens with two attached hydrogens (primary N) is 1. The second-order valence-corrected chi connectivity index (χ2v) is 18.1. The molecular formula is C21H39F2N3O4Si2. The maximum atomic E-state index is 15.8. The van der Waals surface area contributed by atoms with E-state index in [1.807, 2.05) is 20.8 Å². The first-order valence-electron chi connectivity index (χ1n) is 11.8. The highest BCUT2D eigenvalue weighted by Gasteiger charge is 2.62. The maximum absolute atomic E-state index is 15.8. The zero-order valence-electron chi connectivity index (χ0n) is 20.2. The Morgan fingerprint density at radius 3 is 2.06 bits per heavy atom. The SMILES string of the molecule is CC[Si](CC)(CC)OCC1OC(n2ccc(N)nc2=O)C(F)(F)C1O[Si](CC)(CC)CC. The van der Waals surface area contributed by atoms with Crippen molar-refractivity contribution in [2.24, 2.45) is 0 Å². The molecule has 184 valence electrons. The number of anilines is 1. The third-order valence-electron chi connectivity index (χ3n) is 7.25. The second kappa shape index (κ2) is 10.9. The van der Waals surface area contributed by atoms with Crippen LogP contribution in [0.25, 0.3) is 0 Å². The average Bonchev–Trinajstić information content (AvgIpc) is 3.03. The lowest BCUT2D eigenvalue weighted by Crippen LogP contribution is -2.51. The Morgan fingerprint density at radius 2 is 1.59 bits per heavy atom. The van der Waals surface area contributed by atoms with Gasteiger partial charge in [-0.3, -0.25) is 4.57 Å². The molecule has 2 rings (SSSR count). The van der Waals surface area contributed by atoms with Crippen molar-refractivity contribution in [3.8, 4) is 0 Å². The standard InChI is InChI=1S/C21H39F2N3O4Si2/c1-7-31(8-2,9-3)28-15-16-18(30-32(10-4,11-5)12-6)21(22,23)19(29-16)26-14-13-17(24)25-20(26)27/h13-14,16,18-19H,7-12,15H2,1-6H3,(H2,24,25,27). The molecule has 0 aliphatic carbocycles. The van der Waals surface area contributed by atoms with Crippen molar-refractivity contribution < 1.29 is 22.4 Å². The minimum Gasteiger partial charge on any atom is -0.414 e. The van der Waals surface area contributed by atoms with Gasteiger partial charge in [-0.1, -0.05) is 41.5 Å². The van der Waals surface area contributed by atoms with Crippen molar-refractivity contribution in [2.45, 2.75) is 102 Å². The first kappa shape index (κ1) is 27.1. The van der Waals surface area contributed by atoms with Crippen LogP contribution in [0.3, 0.4) is 0 Å². The van der Waals surface area contributed by atoms with E-state index in [4.69, 9.17) is 19.3 Å². The Hall–Kier alpha value is -1.15. The fourth-order valence-corrected chi connectivity index (χ4v) is 9.91. The summed E-state index contributed by atoms with van der Waals surface area (Å²) in [5.74, 6) is -3.46. The van der Waals surface area contributed by atoms with Crippen LogP contribution in [-0.4, -0.2) is 50.9 Å². The molecule has 2 heterocycles. The number of nitrogen functional groups attached to an aromatic ring is 1. The summed E-state index contributed by atoms with van der Waals surface area (Å²) in [7, 11) is -4.42. The summed E-state index contributed by atoms with van der Waals surface area (Å²) in [6.45, 7) is 12.3. The fraction of sp³-hybridized carbons (Fsp3) is 0.810. The lowest BCUT2D eigenvalue weighted by molar-refractivity contribution is -0.138. The molecule has 1 aliphatic rings. The molecule has 2 N–H and O–H groups in total. The molecule has 1 aromatic heterocycles. The van der Waals surface area contributed by atoms with Gasteiger partial charge < -0.3 is 19.3 Å². The van der Waals surface area contributed by atoms with Crippen LogP contribution < -0.4 is 11.4 Å². The topological polar surface area (TPSA) is 88.6 Å². The molecule has 0 bridgehead atoms. The Labute approximate surface area is 191 Å². The minimum atomic E-state index is -3.43. The molecule has 3 atom stereocenters. The molecule has 7 nitrogen and oxygen atoms in total. The van der Waals surface area contributed by atoms with Crippen LogP contribution in [0, 0.1) is 0 Å². The molecule has 1 fully saturated rings. The van der Waals surface area contributed by atoms with E-state index in [0.29, 0.717) is 0 Å². The number of rotatable bonds is 12. The quantitative estimate of drug-likeness (QED) is 0.424. The van der Waals surface area contributed by atoms with Crippen LogP contribution in [0.4, 0.5) is 14.6 Å². The van der Waals surface area contributed by atoms with Crippen LogP contribution in [-0.2, 0) is 13.6 Å². The van der Waals surface area contributed by atoms with Gasteiger partial charge in [0, 0.05) is 6.20 Å². The van der Waals surface area contributed by atoms with Gasteiger partial charge in [-0.05, 0) is 42.3 Å². The maximum Gasteiger partial charge on any atom is 0.351 e. The smallest absolute Gasteiger partial charge is 0.351 e. The molecule has 0 spiro atoms. The number of alkyl halides is 2. The van der Waals surface area contributed by atoms with Crippen molar-refractivity contribution in [1.29, 1.82) is 0 Å². The molecule has 0 saturated carbocycles. The third kappa shape index (κ3) is 5.32. The molecule has 0 aromatic carbocycles. The number of hydrogen-bond donors (Lipinski definition) is 1. The Balaban J connectivity index is 2.44. The predicted molar refractivity (Wildman–Crippen MR) is 127 cm³/mol. The zero-order chi connectivity index (χ0) is 24.2. The zero-order valence-corrected chi connectivity index (χ0v) is 22.2. The van der Waals surface area contributed by atoms with Crippen molar-refractivity contribution >= 4 is 22.5 Å². The molecule has 0 radical (unpaired) electrons.